The molecule has 0 N–H and O–H groups in total. The van der Waals surface area contributed by atoms with Crippen molar-refractivity contribution < 1.29 is 0 Å². The van der Waals surface area contributed by atoms with Crippen molar-refractivity contribution in [1.29, 1.82) is 0 Å². The number of aliphatic imine (C=N–C) groups is 1. The van der Waals surface area contributed by atoms with E-state index in [4.69, 9.17) is 4.99 Å². The van der Waals surface area contributed by atoms with Crippen molar-refractivity contribution in [3.8, 4) is 27.9 Å². The van der Waals surface area contributed by atoms with Crippen molar-refractivity contribution in [3.63, 3.8) is 0 Å². The van der Waals surface area contributed by atoms with Gasteiger partial charge in [-0.2, -0.15) is 0 Å². The molecule has 10 rings (SSSR count). The molecule has 51 heavy (non-hydrogen) atoms. The first kappa shape index (κ1) is 29.6. The number of hydrogen-bond donors (Lipinski definition) is 0. The van der Waals surface area contributed by atoms with Gasteiger partial charge in [0.1, 0.15) is 0 Å². The summed E-state index contributed by atoms with van der Waals surface area (Å²) in [5.41, 5.74) is 12.6. The number of benzene rings is 7. The van der Waals surface area contributed by atoms with Crippen LogP contribution in [-0.4, -0.2) is 10.3 Å². The molecule has 2 nitrogen and oxygen atoms in total. The van der Waals surface area contributed by atoms with E-state index < -0.39 is 0 Å². The zero-order valence-electron chi connectivity index (χ0n) is 27.8. The van der Waals surface area contributed by atoms with Crippen LogP contribution in [0.2, 0.25) is 0 Å². The van der Waals surface area contributed by atoms with Crippen molar-refractivity contribution in [1.82, 2.24) is 4.57 Å². The highest BCUT2D eigenvalue weighted by Gasteiger charge is 2.16. The smallest absolute Gasteiger partial charge is 0.0707 e. The number of aromatic nitrogens is 1. The van der Waals surface area contributed by atoms with E-state index in [9.17, 15) is 0 Å². The molecule has 0 bridgehead atoms. The van der Waals surface area contributed by atoms with Gasteiger partial charge in [0.05, 0.1) is 22.4 Å². The van der Waals surface area contributed by atoms with Crippen LogP contribution in [0.4, 0.5) is 0 Å². The molecule has 0 saturated carbocycles. The molecule has 3 heterocycles. The third kappa shape index (κ3) is 5.13. The molecule has 3 heteroatoms. The molecule has 2 aromatic heterocycles. The third-order valence-electron chi connectivity index (χ3n) is 10.0. The molecule has 7 aromatic carbocycles. The summed E-state index contributed by atoms with van der Waals surface area (Å²) in [6.45, 7) is 0. The number of fused-ring (bicyclic) bond motifs is 6. The molecule has 240 valence electrons. The Bertz CT molecular complexity index is 2860. The summed E-state index contributed by atoms with van der Waals surface area (Å²) < 4.78 is 5.07. The molecule has 0 spiro atoms. The minimum Gasteiger partial charge on any atom is -0.309 e. The van der Waals surface area contributed by atoms with Gasteiger partial charge in [-0.15, -0.1) is 11.3 Å². The summed E-state index contributed by atoms with van der Waals surface area (Å²) in [6.07, 6.45) is 7.42. The molecule has 0 atom stereocenters. The summed E-state index contributed by atoms with van der Waals surface area (Å²) in [6, 6.07) is 59.3. The first-order chi connectivity index (χ1) is 25.3. The largest absolute Gasteiger partial charge is 0.309 e. The van der Waals surface area contributed by atoms with Crippen molar-refractivity contribution in [2.24, 2.45) is 4.99 Å². The van der Waals surface area contributed by atoms with Gasteiger partial charge < -0.3 is 4.57 Å². The third-order valence-corrected chi connectivity index (χ3v) is 11.3. The molecule has 0 saturated heterocycles. The number of hydrogen-bond acceptors (Lipinski definition) is 2. The van der Waals surface area contributed by atoms with E-state index in [-0.39, 0.29) is 0 Å². The van der Waals surface area contributed by atoms with E-state index in [1.807, 2.05) is 11.3 Å². The van der Waals surface area contributed by atoms with Gasteiger partial charge in [0.25, 0.3) is 0 Å². The normalized spacial score (nSPS) is 13.2. The molecular weight excluding hydrogens is 637 g/mol. The first-order valence-electron chi connectivity index (χ1n) is 17.4. The lowest BCUT2D eigenvalue weighted by Crippen LogP contribution is -2.00. The Kier molecular flexibility index (Phi) is 7.11. The molecule has 9 aromatic rings. The van der Waals surface area contributed by atoms with Gasteiger partial charge in [-0.05, 0) is 76.7 Å². The quantitative estimate of drug-likeness (QED) is 0.174. The van der Waals surface area contributed by atoms with Crippen LogP contribution in [-0.2, 0) is 0 Å². The van der Waals surface area contributed by atoms with E-state index in [2.05, 4.69) is 187 Å². The molecule has 0 fully saturated rings. The molecule has 1 aliphatic rings. The maximum atomic E-state index is 5.23. The second-order valence-electron chi connectivity index (χ2n) is 13.1. The van der Waals surface area contributed by atoms with E-state index >= 15 is 0 Å². The summed E-state index contributed by atoms with van der Waals surface area (Å²) in [7, 11) is 0. The SMILES string of the molecule is C1=CC(c2cccc(-n3c4ccccc4c4cc(-c5cccc6c5sc5ccccc56)ccc43)c2)=NC(c2ccc(-c3ccccc3)cc2)=CC1. The monoisotopic (exact) mass is 668 g/mol. The van der Waals surface area contributed by atoms with Crippen LogP contribution in [0.3, 0.4) is 0 Å². The molecular formula is C48H32N2S. The highest BCUT2D eigenvalue weighted by atomic mass is 32.1. The Hall–Kier alpha value is -6.29. The fourth-order valence-electron chi connectivity index (χ4n) is 7.58. The Morgan fingerprint density at radius 2 is 1.18 bits per heavy atom. The van der Waals surface area contributed by atoms with Crippen molar-refractivity contribution in [2.75, 3.05) is 0 Å². The van der Waals surface area contributed by atoms with Gasteiger partial charge in [0.15, 0.2) is 0 Å². The van der Waals surface area contributed by atoms with E-state index in [0.717, 1.165) is 34.6 Å². The zero-order chi connectivity index (χ0) is 33.7. The molecule has 0 unspecified atom stereocenters. The van der Waals surface area contributed by atoms with Crippen LogP contribution in [0.5, 0.6) is 0 Å². The summed E-state index contributed by atoms with van der Waals surface area (Å²) in [5, 5.41) is 5.15. The number of para-hydroxylation sites is 1. The Morgan fingerprint density at radius 1 is 0.490 bits per heavy atom. The van der Waals surface area contributed by atoms with Gasteiger partial charge in [-0.25, -0.2) is 4.99 Å². The number of nitrogens with zero attached hydrogens (tertiary/aromatic N) is 2. The summed E-state index contributed by atoms with van der Waals surface area (Å²) >= 11 is 1.88. The summed E-state index contributed by atoms with van der Waals surface area (Å²) in [5.74, 6) is 0. The highest BCUT2D eigenvalue weighted by molar-refractivity contribution is 7.26. The number of allylic oxidation sites excluding steroid dienone is 3. The van der Waals surface area contributed by atoms with Crippen LogP contribution in [0.1, 0.15) is 17.5 Å². The molecule has 0 aliphatic carbocycles. The fraction of sp³-hybridized carbons (Fsp3) is 0.0208. The lowest BCUT2D eigenvalue weighted by Gasteiger charge is -2.11. The maximum absolute atomic E-state index is 5.23. The first-order valence-corrected chi connectivity index (χ1v) is 18.3. The van der Waals surface area contributed by atoms with Crippen molar-refractivity contribution in [3.05, 3.63) is 193 Å². The predicted molar refractivity (Wildman–Crippen MR) is 219 cm³/mol. The van der Waals surface area contributed by atoms with Crippen LogP contribution < -0.4 is 0 Å². The molecule has 1 aliphatic heterocycles. The van der Waals surface area contributed by atoms with Gasteiger partial charge in [0, 0.05) is 42.2 Å². The summed E-state index contributed by atoms with van der Waals surface area (Å²) in [4.78, 5) is 5.23. The second kappa shape index (κ2) is 12.2. The van der Waals surface area contributed by atoms with Gasteiger partial charge in [-0.3, -0.25) is 0 Å². The molecule has 0 radical (unpaired) electrons. The Labute approximate surface area is 300 Å². The van der Waals surface area contributed by atoms with Crippen LogP contribution in [0, 0.1) is 0 Å². The lowest BCUT2D eigenvalue weighted by atomic mass is 10.0. The van der Waals surface area contributed by atoms with E-state index in [0.29, 0.717) is 0 Å². The minimum absolute atomic E-state index is 0.840. The van der Waals surface area contributed by atoms with Crippen molar-refractivity contribution >= 4 is 64.7 Å². The minimum atomic E-state index is 0.840. The topological polar surface area (TPSA) is 17.3 Å². The van der Waals surface area contributed by atoms with Crippen LogP contribution in [0.25, 0.3) is 75.6 Å². The van der Waals surface area contributed by atoms with Gasteiger partial charge in [-0.1, -0.05) is 140 Å². The fourth-order valence-corrected chi connectivity index (χ4v) is 8.81. The van der Waals surface area contributed by atoms with Crippen LogP contribution in [0.15, 0.2) is 187 Å². The standard InChI is InChI=1S/C48H32N2S/c1-2-12-32(13-3-1)33-24-26-34(27-25-33)43-20-6-7-21-44(49-43)36-14-10-15-37(30-36)50-45-22-8-4-16-39(45)42-31-35(28-29-46(42)50)38-18-11-19-41-40-17-5-9-23-47(40)51-48(38)41/h1-5,7-31H,6H2. The van der Waals surface area contributed by atoms with E-state index in [1.54, 1.807) is 0 Å². The Balaban J connectivity index is 1.05. The van der Waals surface area contributed by atoms with Crippen molar-refractivity contribution in [2.45, 2.75) is 6.42 Å². The predicted octanol–water partition coefficient (Wildman–Crippen LogP) is 13.3. The van der Waals surface area contributed by atoms with E-state index in [1.165, 1.54) is 64.2 Å². The zero-order valence-corrected chi connectivity index (χ0v) is 28.6. The molecule has 0 amide bonds. The maximum Gasteiger partial charge on any atom is 0.0707 e. The second-order valence-corrected chi connectivity index (χ2v) is 14.1. The van der Waals surface area contributed by atoms with Crippen LogP contribution >= 0.6 is 11.3 Å². The van der Waals surface area contributed by atoms with Gasteiger partial charge in [0.2, 0.25) is 0 Å². The Morgan fingerprint density at radius 3 is 2.08 bits per heavy atom. The number of thiophene rings is 1. The van der Waals surface area contributed by atoms with Gasteiger partial charge >= 0.3 is 0 Å². The average molecular weight is 669 g/mol. The lowest BCUT2D eigenvalue weighted by molar-refractivity contribution is 1.18. The average Bonchev–Trinajstić information content (AvgIpc) is 3.63. The number of rotatable bonds is 5. The highest BCUT2D eigenvalue weighted by Crippen LogP contribution is 2.42.